The Kier molecular flexibility index (Phi) is 7.06. The molecule has 1 saturated heterocycles. The van der Waals surface area contributed by atoms with Crippen LogP contribution < -0.4 is 10.1 Å². The number of amides is 2. The van der Waals surface area contributed by atoms with Gasteiger partial charge in [0, 0.05) is 52.6 Å². The molecule has 1 aromatic rings. The van der Waals surface area contributed by atoms with Crippen molar-refractivity contribution < 1.29 is 14.3 Å². The highest BCUT2D eigenvalue weighted by atomic mass is 16.5. The maximum Gasteiger partial charge on any atom is 0.221 e. The first-order valence-electron chi connectivity index (χ1n) is 8.46. The fourth-order valence-electron chi connectivity index (χ4n) is 2.77. The Bertz CT molecular complexity index is 537. The van der Waals surface area contributed by atoms with E-state index in [9.17, 15) is 9.59 Å². The number of benzene rings is 1. The first-order chi connectivity index (χ1) is 11.6. The molecule has 6 heteroatoms. The van der Waals surface area contributed by atoms with Crippen molar-refractivity contribution in [2.45, 2.75) is 19.8 Å². The molecule has 1 aliphatic heterocycles. The largest absolute Gasteiger partial charge is 0.497 e. The summed E-state index contributed by atoms with van der Waals surface area (Å²) in [6.07, 6.45) is 1.32. The van der Waals surface area contributed by atoms with Gasteiger partial charge >= 0.3 is 0 Å². The standard InChI is InChI=1S/C18H27N3O3/c1-15(22)21-13-11-20(12-14-21)10-8-18(23)19-9-7-16-3-5-17(24-2)6-4-16/h3-6H,7-14H2,1-2H3,(H,19,23). The van der Waals surface area contributed by atoms with Gasteiger partial charge in [0.05, 0.1) is 7.11 Å². The summed E-state index contributed by atoms with van der Waals surface area (Å²) in [5.41, 5.74) is 1.18. The van der Waals surface area contributed by atoms with Crippen LogP contribution in [0.5, 0.6) is 5.75 Å². The molecule has 1 N–H and O–H groups in total. The third-order valence-electron chi connectivity index (χ3n) is 4.37. The Balaban J connectivity index is 1.59. The predicted octanol–water partition coefficient (Wildman–Crippen LogP) is 0.908. The highest BCUT2D eigenvalue weighted by molar-refractivity contribution is 5.76. The van der Waals surface area contributed by atoms with E-state index in [0.717, 1.165) is 44.9 Å². The van der Waals surface area contributed by atoms with Crippen LogP contribution in [0.3, 0.4) is 0 Å². The molecule has 0 unspecified atom stereocenters. The van der Waals surface area contributed by atoms with Gasteiger partial charge in [-0.1, -0.05) is 12.1 Å². The van der Waals surface area contributed by atoms with Crippen LogP contribution in [0.15, 0.2) is 24.3 Å². The number of carbonyl (C=O) groups excluding carboxylic acids is 2. The molecular formula is C18H27N3O3. The van der Waals surface area contributed by atoms with E-state index in [1.165, 1.54) is 5.56 Å². The fraction of sp³-hybridized carbons (Fsp3) is 0.556. The molecule has 0 saturated carbocycles. The van der Waals surface area contributed by atoms with E-state index in [0.29, 0.717) is 13.0 Å². The van der Waals surface area contributed by atoms with Crippen LogP contribution in [0.2, 0.25) is 0 Å². The lowest BCUT2D eigenvalue weighted by Gasteiger charge is -2.34. The summed E-state index contributed by atoms with van der Waals surface area (Å²) >= 11 is 0. The Morgan fingerprint density at radius 1 is 1.12 bits per heavy atom. The van der Waals surface area contributed by atoms with Crippen molar-refractivity contribution in [2.24, 2.45) is 0 Å². The van der Waals surface area contributed by atoms with E-state index >= 15 is 0 Å². The van der Waals surface area contributed by atoms with Gasteiger partial charge in [0.1, 0.15) is 5.75 Å². The summed E-state index contributed by atoms with van der Waals surface area (Å²) < 4.78 is 5.13. The Hall–Kier alpha value is -2.08. The minimum atomic E-state index is 0.0810. The molecular weight excluding hydrogens is 306 g/mol. The molecule has 1 heterocycles. The van der Waals surface area contributed by atoms with Gasteiger partial charge in [-0.3, -0.25) is 14.5 Å². The van der Waals surface area contributed by atoms with Crippen LogP contribution in [-0.4, -0.2) is 68.0 Å². The monoisotopic (exact) mass is 333 g/mol. The molecule has 2 amide bonds. The highest BCUT2D eigenvalue weighted by Crippen LogP contribution is 2.11. The van der Waals surface area contributed by atoms with E-state index in [1.807, 2.05) is 29.2 Å². The number of methoxy groups -OCH3 is 1. The Labute approximate surface area is 143 Å². The third kappa shape index (κ3) is 5.85. The summed E-state index contributed by atoms with van der Waals surface area (Å²) in [7, 11) is 1.65. The van der Waals surface area contributed by atoms with Gasteiger partial charge < -0.3 is 15.0 Å². The van der Waals surface area contributed by atoms with Crippen molar-refractivity contribution in [3.05, 3.63) is 29.8 Å². The third-order valence-corrected chi connectivity index (χ3v) is 4.37. The minimum absolute atomic E-state index is 0.0810. The number of rotatable bonds is 7. The average molecular weight is 333 g/mol. The average Bonchev–Trinajstić information content (AvgIpc) is 2.61. The number of nitrogens with one attached hydrogen (secondary N) is 1. The molecule has 0 atom stereocenters. The van der Waals surface area contributed by atoms with Crippen molar-refractivity contribution in [3.63, 3.8) is 0 Å². The van der Waals surface area contributed by atoms with Crippen molar-refractivity contribution in [2.75, 3.05) is 46.4 Å². The van der Waals surface area contributed by atoms with E-state index in [1.54, 1.807) is 14.0 Å². The van der Waals surface area contributed by atoms with E-state index in [2.05, 4.69) is 10.2 Å². The van der Waals surface area contributed by atoms with E-state index in [-0.39, 0.29) is 11.8 Å². The van der Waals surface area contributed by atoms with Gasteiger partial charge in [-0.05, 0) is 24.1 Å². The molecule has 0 bridgehead atoms. The molecule has 0 radical (unpaired) electrons. The fourth-order valence-corrected chi connectivity index (χ4v) is 2.77. The minimum Gasteiger partial charge on any atom is -0.497 e. The molecule has 0 spiro atoms. The molecule has 0 aliphatic carbocycles. The highest BCUT2D eigenvalue weighted by Gasteiger charge is 2.18. The molecule has 0 aromatic heterocycles. The summed E-state index contributed by atoms with van der Waals surface area (Å²) in [4.78, 5) is 27.3. The lowest BCUT2D eigenvalue weighted by atomic mass is 10.1. The zero-order chi connectivity index (χ0) is 17.4. The predicted molar refractivity (Wildman–Crippen MR) is 93.0 cm³/mol. The molecule has 6 nitrogen and oxygen atoms in total. The van der Waals surface area contributed by atoms with Crippen LogP contribution >= 0.6 is 0 Å². The summed E-state index contributed by atoms with van der Waals surface area (Å²) in [6, 6.07) is 7.88. The zero-order valence-electron chi connectivity index (χ0n) is 14.6. The van der Waals surface area contributed by atoms with E-state index < -0.39 is 0 Å². The molecule has 1 aromatic carbocycles. The Morgan fingerprint density at radius 2 is 1.79 bits per heavy atom. The normalized spacial score (nSPS) is 15.2. The number of nitrogens with zero attached hydrogens (tertiary/aromatic N) is 2. The molecule has 24 heavy (non-hydrogen) atoms. The summed E-state index contributed by atoms with van der Waals surface area (Å²) in [5, 5.41) is 2.96. The number of carbonyl (C=O) groups is 2. The zero-order valence-corrected chi connectivity index (χ0v) is 14.6. The van der Waals surface area contributed by atoms with Crippen molar-refractivity contribution >= 4 is 11.8 Å². The van der Waals surface area contributed by atoms with Crippen molar-refractivity contribution in [3.8, 4) is 5.75 Å². The smallest absolute Gasteiger partial charge is 0.221 e. The quantitative estimate of drug-likeness (QED) is 0.806. The number of piperazine rings is 1. The number of hydrogen-bond acceptors (Lipinski definition) is 4. The van der Waals surface area contributed by atoms with Gasteiger partial charge in [-0.15, -0.1) is 0 Å². The lowest BCUT2D eigenvalue weighted by molar-refractivity contribution is -0.131. The van der Waals surface area contributed by atoms with Crippen LogP contribution in [0.25, 0.3) is 0 Å². The second kappa shape index (κ2) is 9.27. The maximum atomic E-state index is 11.9. The maximum absolute atomic E-state index is 11.9. The lowest BCUT2D eigenvalue weighted by Crippen LogP contribution is -2.48. The van der Waals surface area contributed by atoms with Gasteiger partial charge in [0.2, 0.25) is 11.8 Å². The van der Waals surface area contributed by atoms with Crippen molar-refractivity contribution in [1.82, 2.24) is 15.1 Å². The number of ether oxygens (including phenoxy) is 1. The van der Waals surface area contributed by atoms with Crippen molar-refractivity contribution in [1.29, 1.82) is 0 Å². The second-order valence-electron chi connectivity index (χ2n) is 6.05. The van der Waals surface area contributed by atoms with Gasteiger partial charge in [-0.25, -0.2) is 0 Å². The topological polar surface area (TPSA) is 61.9 Å². The van der Waals surface area contributed by atoms with E-state index in [4.69, 9.17) is 4.74 Å². The molecule has 1 fully saturated rings. The Morgan fingerprint density at radius 3 is 2.38 bits per heavy atom. The van der Waals surface area contributed by atoms with Crippen LogP contribution in [-0.2, 0) is 16.0 Å². The van der Waals surface area contributed by atoms with Crippen LogP contribution in [0.1, 0.15) is 18.9 Å². The first kappa shape index (κ1) is 18.3. The molecule has 132 valence electrons. The van der Waals surface area contributed by atoms with Gasteiger partial charge in [0.25, 0.3) is 0 Å². The van der Waals surface area contributed by atoms with Crippen LogP contribution in [0.4, 0.5) is 0 Å². The summed E-state index contributed by atoms with van der Waals surface area (Å²) in [5.74, 6) is 1.05. The first-order valence-corrected chi connectivity index (χ1v) is 8.46. The van der Waals surface area contributed by atoms with Crippen LogP contribution in [0, 0.1) is 0 Å². The van der Waals surface area contributed by atoms with Gasteiger partial charge in [-0.2, -0.15) is 0 Å². The molecule has 2 rings (SSSR count). The summed E-state index contributed by atoms with van der Waals surface area (Å²) in [6.45, 7) is 6.20. The van der Waals surface area contributed by atoms with Gasteiger partial charge in [0.15, 0.2) is 0 Å². The number of hydrogen-bond donors (Lipinski definition) is 1. The molecule has 1 aliphatic rings. The SMILES string of the molecule is COc1ccc(CCNC(=O)CCN2CCN(C(C)=O)CC2)cc1. The second-order valence-corrected chi connectivity index (χ2v) is 6.05.